The van der Waals surface area contributed by atoms with Gasteiger partial charge in [0.1, 0.15) is 0 Å². The number of hydrogen-bond donors (Lipinski definition) is 2. The summed E-state index contributed by atoms with van der Waals surface area (Å²) in [5, 5.41) is 12.2. The van der Waals surface area contributed by atoms with Crippen LogP contribution >= 0.6 is 0 Å². The van der Waals surface area contributed by atoms with Crippen LogP contribution in [0.3, 0.4) is 0 Å². The number of anilines is 1. The summed E-state index contributed by atoms with van der Waals surface area (Å²) in [7, 11) is 0. The van der Waals surface area contributed by atoms with Crippen molar-refractivity contribution >= 4 is 23.5 Å². The van der Waals surface area contributed by atoms with Crippen LogP contribution in [-0.2, 0) is 4.79 Å². The molecule has 1 amide bonds. The van der Waals surface area contributed by atoms with Gasteiger partial charge >= 0.3 is 5.97 Å². The molecule has 5 rings (SSSR count). The van der Waals surface area contributed by atoms with E-state index in [1.165, 1.54) is 4.90 Å². The number of halogens is 2. The van der Waals surface area contributed by atoms with Crippen molar-refractivity contribution < 1.29 is 23.5 Å². The maximum Gasteiger partial charge on any atom is 0.306 e. The van der Waals surface area contributed by atoms with E-state index >= 15 is 0 Å². The highest BCUT2D eigenvalue weighted by molar-refractivity contribution is 5.95. The molecule has 2 aromatic heterocycles. The van der Waals surface area contributed by atoms with E-state index < -0.39 is 18.4 Å². The largest absolute Gasteiger partial charge is 0.481 e. The van der Waals surface area contributed by atoms with Crippen LogP contribution in [0, 0.1) is 5.92 Å². The fourth-order valence-electron chi connectivity index (χ4n) is 3.35. The van der Waals surface area contributed by atoms with Gasteiger partial charge in [0.05, 0.1) is 18.2 Å². The number of benzene rings is 1. The Labute approximate surface area is 176 Å². The minimum atomic E-state index is -2.79. The van der Waals surface area contributed by atoms with Gasteiger partial charge < -0.3 is 15.7 Å². The van der Waals surface area contributed by atoms with Crippen LogP contribution < -0.4 is 5.73 Å². The Balaban J connectivity index is 0.000000334. The van der Waals surface area contributed by atoms with Gasteiger partial charge in [0.15, 0.2) is 5.65 Å². The predicted octanol–water partition coefficient (Wildman–Crippen LogP) is 2.94. The van der Waals surface area contributed by atoms with Crippen LogP contribution in [0.5, 0.6) is 0 Å². The lowest BCUT2D eigenvalue weighted by Crippen LogP contribution is -2.31. The molecule has 2 fully saturated rings. The first-order chi connectivity index (χ1) is 14.7. The Morgan fingerprint density at radius 2 is 1.84 bits per heavy atom. The smallest absolute Gasteiger partial charge is 0.306 e. The summed E-state index contributed by atoms with van der Waals surface area (Å²) in [6.45, 7) is -0.448. The van der Waals surface area contributed by atoms with E-state index in [1.807, 2.05) is 12.1 Å². The van der Waals surface area contributed by atoms with E-state index in [9.17, 15) is 18.4 Å². The molecule has 2 aliphatic rings. The molecule has 0 radical (unpaired) electrons. The Kier molecular flexibility index (Phi) is 5.30. The molecule has 3 heterocycles. The summed E-state index contributed by atoms with van der Waals surface area (Å²) in [5.74, 6) is -3.61. The standard InChI is InChI=1S/C17H15F2N5O.C4H6O2/c18-17(19)8-9-23(10-17)15(25)12-6-4-11(5-7-12)13-2-1-3-14-21-16(20)22-24(13)14;5-4(6)3-1-2-3/h1-7H,8-10H2,(H2,20,22);3H,1-2H2,(H,5,6). The first-order valence-electron chi connectivity index (χ1n) is 9.85. The van der Waals surface area contributed by atoms with Crippen LogP contribution in [0.4, 0.5) is 14.7 Å². The van der Waals surface area contributed by atoms with Crippen LogP contribution in [0.15, 0.2) is 42.5 Å². The van der Waals surface area contributed by atoms with Crippen LogP contribution in [-0.4, -0.2) is 55.5 Å². The number of fused-ring (bicyclic) bond motifs is 1. The number of alkyl halides is 2. The number of nitrogens with zero attached hydrogens (tertiary/aromatic N) is 4. The van der Waals surface area contributed by atoms with Crippen molar-refractivity contribution in [3.05, 3.63) is 48.0 Å². The van der Waals surface area contributed by atoms with Gasteiger partial charge in [-0.25, -0.2) is 13.3 Å². The van der Waals surface area contributed by atoms with Gasteiger partial charge in [0.2, 0.25) is 5.95 Å². The summed E-state index contributed by atoms with van der Waals surface area (Å²) in [4.78, 5) is 27.4. The van der Waals surface area contributed by atoms with E-state index in [1.54, 1.807) is 34.8 Å². The molecular formula is C21H21F2N5O3. The van der Waals surface area contributed by atoms with Crippen molar-refractivity contribution in [2.24, 2.45) is 5.92 Å². The number of carbonyl (C=O) groups excluding carboxylic acids is 1. The third-order valence-corrected chi connectivity index (χ3v) is 5.19. The zero-order valence-corrected chi connectivity index (χ0v) is 16.5. The molecule has 0 spiro atoms. The molecular weight excluding hydrogens is 408 g/mol. The topological polar surface area (TPSA) is 114 Å². The molecule has 31 heavy (non-hydrogen) atoms. The number of carbonyl (C=O) groups is 2. The highest BCUT2D eigenvalue weighted by Crippen LogP contribution is 2.29. The van der Waals surface area contributed by atoms with Crippen LogP contribution in [0.25, 0.3) is 16.9 Å². The first kappa shape index (κ1) is 20.7. The number of pyridine rings is 1. The van der Waals surface area contributed by atoms with E-state index in [4.69, 9.17) is 10.8 Å². The van der Waals surface area contributed by atoms with Gasteiger partial charge in [-0.15, -0.1) is 5.10 Å². The first-order valence-corrected chi connectivity index (χ1v) is 9.85. The molecule has 3 N–H and O–H groups in total. The number of hydrogen-bond acceptors (Lipinski definition) is 5. The number of aliphatic carboxylic acids is 1. The minimum Gasteiger partial charge on any atom is -0.481 e. The van der Waals surface area contributed by atoms with Crippen molar-refractivity contribution in [1.29, 1.82) is 0 Å². The number of carboxylic acid groups (broad SMARTS) is 1. The third-order valence-electron chi connectivity index (χ3n) is 5.19. The molecule has 1 aliphatic carbocycles. The van der Waals surface area contributed by atoms with E-state index in [0.717, 1.165) is 24.1 Å². The zero-order valence-electron chi connectivity index (χ0n) is 16.5. The number of rotatable bonds is 3. The summed E-state index contributed by atoms with van der Waals surface area (Å²) >= 11 is 0. The van der Waals surface area contributed by atoms with Gasteiger partial charge in [-0.05, 0) is 37.1 Å². The van der Waals surface area contributed by atoms with Gasteiger partial charge in [-0.3, -0.25) is 9.59 Å². The monoisotopic (exact) mass is 429 g/mol. The Bertz CT molecular complexity index is 1130. The molecule has 1 aromatic carbocycles. The third kappa shape index (κ3) is 4.62. The second kappa shape index (κ2) is 7.93. The number of nitrogens with two attached hydrogens (primary N) is 1. The summed E-state index contributed by atoms with van der Waals surface area (Å²) in [5.41, 5.74) is 8.23. The second-order valence-electron chi connectivity index (χ2n) is 7.67. The molecule has 0 unspecified atom stereocenters. The Hall–Kier alpha value is -3.56. The van der Waals surface area contributed by atoms with Crippen molar-refractivity contribution in [2.45, 2.75) is 25.2 Å². The fraction of sp³-hybridized carbons (Fsp3) is 0.333. The molecule has 1 aliphatic heterocycles. The molecule has 8 nitrogen and oxygen atoms in total. The average molecular weight is 429 g/mol. The lowest BCUT2D eigenvalue weighted by atomic mass is 10.1. The zero-order chi connectivity index (χ0) is 22.2. The quantitative estimate of drug-likeness (QED) is 0.662. The van der Waals surface area contributed by atoms with Crippen molar-refractivity contribution in [2.75, 3.05) is 18.8 Å². The van der Waals surface area contributed by atoms with Crippen LogP contribution in [0.1, 0.15) is 29.6 Å². The number of likely N-dealkylation sites (tertiary alicyclic amines) is 1. The Morgan fingerprint density at radius 3 is 2.39 bits per heavy atom. The van der Waals surface area contributed by atoms with Crippen molar-refractivity contribution in [3.63, 3.8) is 0 Å². The molecule has 1 saturated heterocycles. The SMILES string of the molecule is Nc1nc2cccc(-c3ccc(C(=O)N4CCC(F)(F)C4)cc3)n2n1.O=C(O)C1CC1. The lowest BCUT2D eigenvalue weighted by molar-refractivity contribution is -0.138. The highest BCUT2D eigenvalue weighted by Gasteiger charge is 2.40. The molecule has 162 valence electrons. The fourth-order valence-corrected chi connectivity index (χ4v) is 3.35. The molecule has 10 heteroatoms. The highest BCUT2D eigenvalue weighted by atomic mass is 19.3. The summed E-state index contributed by atoms with van der Waals surface area (Å²) < 4.78 is 28.2. The summed E-state index contributed by atoms with van der Waals surface area (Å²) in [6, 6.07) is 12.3. The maximum atomic E-state index is 13.3. The van der Waals surface area contributed by atoms with Gasteiger partial charge in [0, 0.05) is 24.1 Å². The number of carboxylic acids is 1. The molecule has 3 aromatic rings. The Morgan fingerprint density at radius 1 is 1.13 bits per heavy atom. The average Bonchev–Trinajstić information content (AvgIpc) is 3.43. The van der Waals surface area contributed by atoms with Crippen molar-refractivity contribution in [1.82, 2.24) is 19.5 Å². The minimum absolute atomic E-state index is 0.0185. The van der Waals surface area contributed by atoms with Gasteiger partial charge in [-0.1, -0.05) is 18.2 Å². The van der Waals surface area contributed by atoms with E-state index in [2.05, 4.69) is 10.1 Å². The number of amides is 1. The summed E-state index contributed by atoms with van der Waals surface area (Å²) in [6.07, 6.45) is 1.51. The van der Waals surface area contributed by atoms with Crippen LogP contribution in [0.2, 0.25) is 0 Å². The molecule has 0 bridgehead atoms. The second-order valence-corrected chi connectivity index (χ2v) is 7.67. The van der Waals surface area contributed by atoms with Gasteiger partial charge in [0.25, 0.3) is 11.8 Å². The normalized spacial score (nSPS) is 17.3. The predicted molar refractivity (Wildman–Crippen MR) is 109 cm³/mol. The van der Waals surface area contributed by atoms with E-state index in [-0.39, 0.29) is 30.7 Å². The molecule has 0 atom stereocenters. The molecule has 1 saturated carbocycles. The van der Waals surface area contributed by atoms with Gasteiger partial charge in [-0.2, -0.15) is 4.98 Å². The van der Waals surface area contributed by atoms with E-state index in [0.29, 0.717) is 11.2 Å². The number of nitrogen functional groups attached to an aromatic ring is 1. The number of aromatic nitrogens is 3. The van der Waals surface area contributed by atoms with Crippen molar-refractivity contribution in [3.8, 4) is 11.3 Å². The maximum absolute atomic E-state index is 13.3. The lowest BCUT2D eigenvalue weighted by Gasteiger charge is -2.16.